The van der Waals surface area contributed by atoms with Crippen molar-refractivity contribution in [2.75, 3.05) is 13.2 Å². The lowest BCUT2D eigenvalue weighted by atomic mass is 10.2. The fourth-order valence-electron chi connectivity index (χ4n) is 1.72. The quantitative estimate of drug-likeness (QED) is 0.854. The van der Waals surface area contributed by atoms with E-state index in [1.807, 2.05) is 32.0 Å². The van der Waals surface area contributed by atoms with Gasteiger partial charge in [-0.3, -0.25) is 0 Å². The minimum Gasteiger partial charge on any atom is -0.494 e. The van der Waals surface area contributed by atoms with E-state index in [0.29, 0.717) is 19.8 Å². The molecule has 2 rings (SSSR count). The Kier molecular flexibility index (Phi) is 4.35. The summed E-state index contributed by atoms with van der Waals surface area (Å²) in [5, 5.41) is 8.03. The number of ether oxygens (including phenoxy) is 2. The summed E-state index contributed by atoms with van der Waals surface area (Å²) in [5.74, 6) is 1.50. The number of hydrogen-bond donors (Lipinski definition) is 1. The Bertz CT molecular complexity index is 539. The third kappa shape index (κ3) is 3.03. The van der Waals surface area contributed by atoms with Crippen molar-refractivity contribution in [3.05, 3.63) is 30.1 Å². The van der Waals surface area contributed by atoms with Gasteiger partial charge in [-0.15, -0.1) is 5.10 Å². The topological polar surface area (TPSA) is 75.2 Å². The molecule has 0 aliphatic heterocycles. The van der Waals surface area contributed by atoms with Crippen molar-refractivity contribution in [3.63, 3.8) is 0 Å². The number of nitrogens with two attached hydrogens (primary N) is 1. The average Bonchev–Trinajstić information content (AvgIpc) is 2.90. The van der Waals surface area contributed by atoms with Gasteiger partial charge in [0.05, 0.1) is 25.1 Å². The molecule has 2 aromatic rings. The fourth-order valence-corrected chi connectivity index (χ4v) is 1.72. The molecule has 1 heterocycles. The normalized spacial score (nSPS) is 10.5. The lowest BCUT2D eigenvalue weighted by Crippen LogP contribution is -2.02. The maximum atomic E-state index is 5.59. The molecule has 0 spiro atoms. The molecule has 0 aliphatic rings. The third-order valence-electron chi connectivity index (χ3n) is 2.54. The van der Waals surface area contributed by atoms with E-state index in [9.17, 15) is 0 Å². The molecule has 6 nitrogen and oxygen atoms in total. The average molecular weight is 262 g/mol. The van der Waals surface area contributed by atoms with E-state index in [2.05, 4.69) is 10.3 Å². The van der Waals surface area contributed by atoms with Crippen LogP contribution in [-0.2, 0) is 6.54 Å². The van der Waals surface area contributed by atoms with Crippen LogP contribution in [0.2, 0.25) is 0 Å². The van der Waals surface area contributed by atoms with E-state index >= 15 is 0 Å². The summed E-state index contributed by atoms with van der Waals surface area (Å²) < 4.78 is 12.7. The van der Waals surface area contributed by atoms with E-state index < -0.39 is 0 Å². The van der Waals surface area contributed by atoms with E-state index in [1.54, 1.807) is 10.9 Å². The molecule has 0 bridgehead atoms. The van der Waals surface area contributed by atoms with Crippen LogP contribution >= 0.6 is 0 Å². The highest BCUT2D eigenvalue weighted by atomic mass is 16.5. The third-order valence-corrected chi connectivity index (χ3v) is 2.54. The lowest BCUT2D eigenvalue weighted by molar-refractivity contribution is 0.329. The van der Waals surface area contributed by atoms with Gasteiger partial charge in [0.1, 0.15) is 17.2 Å². The van der Waals surface area contributed by atoms with Crippen LogP contribution in [0.25, 0.3) is 5.69 Å². The van der Waals surface area contributed by atoms with Crippen LogP contribution in [0, 0.1) is 0 Å². The molecule has 102 valence electrons. The second-order valence-corrected chi connectivity index (χ2v) is 3.85. The van der Waals surface area contributed by atoms with Gasteiger partial charge >= 0.3 is 0 Å². The molecule has 0 unspecified atom stereocenters. The summed E-state index contributed by atoms with van der Waals surface area (Å²) >= 11 is 0. The summed E-state index contributed by atoms with van der Waals surface area (Å²) in [7, 11) is 0. The van der Waals surface area contributed by atoms with Crippen LogP contribution in [0.3, 0.4) is 0 Å². The van der Waals surface area contributed by atoms with Gasteiger partial charge in [-0.25, -0.2) is 4.68 Å². The molecule has 2 N–H and O–H groups in total. The van der Waals surface area contributed by atoms with Gasteiger partial charge in [0, 0.05) is 12.6 Å². The Morgan fingerprint density at radius 2 is 2.00 bits per heavy atom. The molecule has 19 heavy (non-hydrogen) atoms. The summed E-state index contributed by atoms with van der Waals surface area (Å²) in [6.45, 7) is 5.43. The largest absolute Gasteiger partial charge is 0.494 e. The molecule has 0 saturated heterocycles. The Labute approximate surface area is 112 Å². The molecule has 0 atom stereocenters. The molecule has 6 heteroatoms. The van der Waals surface area contributed by atoms with Crippen LogP contribution in [0.15, 0.2) is 24.4 Å². The second-order valence-electron chi connectivity index (χ2n) is 3.85. The number of aromatic nitrogens is 3. The zero-order valence-corrected chi connectivity index (χ0v) is 11.2. The van der Waals surface area contributed by atoms with Gasteiger partial charge in [-0.2, -0.15) is 0 Å². The smallest absolute Gasteiger partial charge is 0.145 e. The Morgan fingerprint density at radius 3 is 2.63 bits per heavy atom. The molecular formula is C13H18N4O2. The van der Waals surface area contributed by atoms with Crippen molar-refractivity contribution >= 4 is 0 Å². The van der Waals surface area contributed by atoms with Crippen molar-refractivity contribution < 1.29 is 9.47 Å². The van der Waals surface area contributed by atoms with Crippen molar-refractivity contribution in [2.24, 2.45) is 5.73 Å². The maximum absolute atomic E-state index is 5.59. The van der Waals surface area contributed by atoms with E-state index in [0.717, 1.165) is 22.9 Å². The van der Waals surface area contributed by atoms with Crippen molar-refractivity contribution in [1.82, 2.24) is 15.0 Å². The molecular weight excluding hydrogens is 244 g/mol. The monoisotopic (exact) mass is 262 g/mol. The van der Waals surface area contributed by atoms with E-state index in [-0.39, 0.29) is 0 Å². The Balaban J connectivity index is 2.41. The highest BCUT2D eigenvalue weighted by Crippen LogP contribution is 2.27. The Morgan fingerprint density at radius 1 is 1.21 bits per heavy atom. The predicted molar refractivity (Wildman–Crippen MR) is 71.6 cm³/mol. The molecule has 0 radical (unpaired) electrons. The van der Waals surface area contributed by atoms with Gasteiger partial charge in [-0.05, 0) is 26.0 Å². The first-order valence-electron chi connectivity index (χ1n) is 6.29. The van der Waals surface area contributed by atoms with Gasteiger partial charge in [-0.1, -0.05) is 5.21 Å². The fraction of sp³-hybridized carbons (Fsp3) is 0.385. The van der Waals surface area contributed by atoms with E-state index in [4.69, 9.17) is 15.2 Å². The molecule has 1 aromatic carbocycles. The minimum absolute atomic E-state index is 0.356. The highest BCUT2D eigenvalue weighted by molar-refractivity contribution is 5.50. The van der Waals surface area contributed by atoms with Crippen molar-refractivity contribution in [2.45, 2.75) is 20.4 Å². The van der Waals surface area contributed by atoms with Crippen molar-refractivity contribution in [3.8, 4) is 17.2 Å². The minimum atomic E-state index is 0.356. The molecule has 0 aliphatic carbocycles. The van der Waals surface area contributed by atoms with Crippen LogP contribution < -0.4 is 15.2 Å². The molecule has 1 aromatic heterocycles. The predicted octanol–water partition coefficient (Wildman–Crippen LogP) is 1.52. The highest BCUT2D eigenvalue weighted by Gasteiger charge is 2.10. The summed E-state index contributed by atoms with van der Waals surface area (Å²) in [5.41, 5.74) is 7.06. The molecule has 0 saturated carbocycles. The first-order chi connectivity index (χ1) is 9.28. The second kappa shape index (κ2) is 6.19. The zero-order chi connectivity index (χ0) is 13.7. The van der Waals surface area contributed by atoms with Gasteiger partial charge < -0.3 is 15.2 Å². The first kappa shape index (κ1) is 13.4. The number of benzene rings is 1. The summed E-state index contributed by atoms with van der Waals surface area (Å²) in [4.78, 5) is 0. The zero-order valence-electron chi connectivity index (χ0n) is 11.2. The number of nitrogens with zero attached hydrogens (tertiary/aromatic N) is 3. The summed E-state index contributed by atoms with van der Waals surface area (Å²) in [6.07, 6.45) is 1.79. The standard InChI is InChI=1S/C13H18N4O2/c1-3-18-11-5-6-13(19-4-2)12(7-11)17-9-10(8-14)15-16-17/h5-7,9H,3-4,8,14H2,1-2H3. The SMILES string of the molecule is CCOc1ccc(OCC)c(-n2cc(CN)nn2)c1. The van der Waals surface area contributed by atoms with Crippen LogP contribution in [0.4, 0.5) is 0 Å². The lowest BCUT2D eigenvalue weighted by Gasteiger charge is -2.11. The number of hydrogen-bond acceptors (Lipinski definition) is 5. The van der Waals surface area contributed by atoms with Crippen LogP contribution in [-0.4, -0.2) is 28.2 Å². The van der Waals surface area contributed by atoms with E-state index in [1.165, 1.54) is 0 Å². The van der Waals surface area contributed by atoms with Gasteiger partial charge in [0.2, 0.25) is 0 Å². The first-order valence-corrected chi connectivity index (χ1v) is 6.29. The number of rotatable bonds is 6. The molecule has 0 amide bonds. The van der Waals surface area contributed by atoms with Gasteiger partial charge in [0.25, 0.3) is 0 Å². The molecule has 0 fully saturated rings. The summed E-state index contributed by atoms with van der Waals surface area (Å²) in [6, 6.07) is 5.62. The van der Waals surface area contributed by atoms with Crippen molar-refractivity contribution in [1.29, 1.82) is 0 Å². The van der Waals surface area contributed by atoms with Crippen LogP contribution in [0.5, 0.6) is 11.5 Å². The van der Waals surface area contributed by atoms with Gasteiger partial charge in [0.15, 0.2) is 0 Å². The van der Waals surface area contributed by atoms with Crippen LogP contribution in [0.1, 0.15) is 19.5 Å². The maximum Gasteiger partial charge on any atom is 0.145 e. The Hall–Kier alpha value is -2.08.